The molecule has 1 amide bonds. The first-order valence-corrected chi connectivity index (χ1v) is 10.1. The van der Waals surface area contributed by atoms with Gasteiger partial charge in [0.2, 0.25) is 0 Å². The van der Waals surface area contributed by atoms with E-state index in [4.69, 9.17) is 9.47 Å². The number of hydrogen-bond donors (Lipinski definition) is 1. The molecule has 1 atom stereocenters. The summed E-state index contributed by atoms with van der Waals surface area (Å²) in [6.07, 6.45) is 2.87. The molecule has 8 heteroatoms. The molecule has 0 radical (unpaired) electrons. The van der Waals surface area contributed by atoms with Crippen LogP contribution in [0.5, 0.6) is 0 Å². The highest BCUT2D eigenvalue weighted by molar-refractivity contribution is 7.86. The predicted octanol–water partition coefficient (Wildman–Crippen LogP) is 2.78. The van der Waals surface area contributed by atoms with E-state index in [1.165, 1.54) is 0 Å². The maximum atomic E-state index is 13.4. The van der Waals surface area contributed by atoms with Crippen LogP contribution in [0.3, 0.4) is 0 Å². The minimum absolute atomic E-state index is 0.0633. The van der Waals surface area contributed by atoms with Crippen LogP contribution in [0.2, 0.25) is 0 Å². The van der Waals surface area contributed by atoms with Gasteiger partial charge in [-0.2, -0.15) is 8.42 Å². The van der Waals surface area contributed by atoms with Crippen molar-refractivity contribution in [1.29, 1.82) is 0 Å². The SMILES string of the molecule is CC(C)(C)OC(=O)NC(C1CCOCC1)C1(CS(=O)(=O)F)CCC1. The van der Waals surface area contributed by atoms with E-state index >= 15 is 0 Å². The van der Waals surface area contributed by atoms with Crippen LogP contribution in [-0.4, -0.2) is 45.1 Å². The standard InChI is InChI=1S/C16H28FNO5S/c1-15(2,3)23-14(19)18-13(12-5-9-22-10-6-12)16(7-4-8-16)11-24(17,20)21/h12-13H,4-11H2,1-3H3,(H,18,19). The molecule has 1 aliphatic carbocycles. The van der Waals surface area contributed by atoms with Crippen LogP contribution in [0, 0.1) is 11.3 Å². The third-order valence-electron chi connectivity index (χ3n) is 4.88. The number of amides is 1. The molecule has 2 rings (SSSR count). The van der Waals surface area contributed by atoms with Crippen molar-refractivity contribution in [3.63, 3.8) is 0 Å². The first kappa shape index (κ1) is 19.4. The Labute approximate surface area is 143 Å². The average Bonchev–Trinajstić information content (AvgIpc) is 2.38. The molecule has 0 spiro atoms. The lowest BCUT2D eigenvalue weighted by molar-refractivity contribution is -0.00701. The number of halogens is 1. The van der Waals surface area contributed by atoms with Crippen LogP contribution in [0.1, 0.15) is 52.9 Å². The molecule has 1 N–H and O–H groups in total. The van der Waals surface area contributed by atoms with Gasteiger partial charge in [-0.15, -0.1) is 3.89 Å². The topological polar surface area (TPSA) is 81.7 Å². The molecule has 0 aromatic heterocycles. The second-order valence-corrected chi connectivity index (χ2v) is 9.34. The third kappa shape index (κ3) is 5.31. The van der Waals surface area contributed by atoms with Crippen molar-refractivity contribution in [2.45, 2.75) is 64.5 Å². The van der Waals surface area contributed by atoms with Gasteiger partial charge in [-0.05, 0) is 52.4 Å². The Kier molecular flexibility index (Phi) is 5.79. The van der Waals surface area contributed by atoms with Crippen molar-refractivity contribution in [1.82, 2.24) is 5.32 Å². The smallest absolute Gasteiger partial charge is 0.407 e. The van der Waals surface area contributed by atoms with E-state index in [-0.39, 0.29) is 5.92 Å². The maximum Gasteiger partial charge on any atom is 0.407 e. The second kappa shape index (κ2) is 7.15. The van der Waals surface area contributed by atoms with Crippen LogP contribution < -0.4 is 5.32 Å². The Hall–Kier alpha value is -0.890. The van der Waals surface area contributed by atoms with Gasteiger partial charge in [0.15, 0.2) is 0 Å². The number of alkyl carbamates (subject to hydrolysis) is 1. The first-order chi connectivity index (χ1) is 11.0. The molecule has 24 heavy (non-hydrogen) atoms. The van der Waals surface area contributed by atoms with E-state index in [9.17, 15) is 17.1 Å². The number of nitrogens with one attached hydrogen (secondary N) is 1. The van der Waals surface area contributed by atoms with E-state index in [1.54, 1.807) is 20.8 Å². The average molecular weight is 365 g/mol. The molecule has 1 saturated carbocycles. The number of carbonyl (C=O) groups is 1. The van der Waals surface area contributed by atoms with Gasteiger partial charge < -0.3 is 14.8 Å². The van der Waals surface area contributed by atoms with E-state index in [0.717, 1.165) is 6.42 Å². The Balaban J connectivity index is 2.20. The van der Waals surface area contributed by atoms with E-state index in [0.29, 0.717) is 38.9 Å². The number of carbonyl (C=O) groups excluding carboxylic acids is 1. The quantitative estimate of drug-likeness (QED) is 0.758. The highest BCUT2D eigenvalue weighted by atomic mass is 32.3. The molecule has 1 aliphatic heterocycles. The molecule has 140 valence electrons. The van der Waals surface area contributed by atoms with Gasteiger partial charge in [-0.1, -0.05) is 6.42 Å². The normalized spacial score (nSPS) is 23.2. The Bertz CT molecular complexity index is 547. The van der Waals surface area contributed by atoms with Gasteiger partial charge in [-0.25, -0.2) is 4.79 Å². The van der Waals surface area contributed by atoms with E-state index in [1.807, 2.05) is 0 Å². The summed E-state index contributed by atoms with van der Waals surface area (Å²) >= 11 is 0. The van der Waals surface area contributed by atoms with Crippen LogP contribution in [0.15, 0.2) is 0 Å². The summed E-state index contributed by atoms with van der Waals surface area (Å²) < 4.78 is 46.7. The van der Waals surface area contributed by atoms with Crippen molar-refractivity contribution >= 4 is 16.3 Å². The zero-order valence-electron chi connectivity index (χ0n) is 14.6. The molecule has 0 aromatic rings. The lowest BCUT2D eigenvalue weighted by Gasteiger charge is -2.50. The van der Waals surface area contributed by atoms with Gasteiger partial charge in [0, 0.05) is 24.7 Å². The molecule has 1 heterocycles. The molecular weight excluding hydrogens is 337 g/mol. The maximum absolute atomic E-state index is 13.4. The van der Waals surface area contributed by atoms with Crippen molar-refractivity contribution in [3.05, 3.63) is 0 Å². The molecule has 0 aromatic carbocycles. The Morgan fingerprint density at radius 3 is 2.33 bits per heavy atom. The van der Waals surface area contributed by atoms with Crippen LogP contribution in [0.4, 0.5) is 8.68 Å². The number of hydrogen-bond acceptors (Lipinski definition) is 5. The molecule has 1 saturated heterocycles. The highest BCUT2D eigenvalue weighted by Crippen LogP contribution is 2.48. The minimum Gasteiger partial charge on any atom is -0.444 e. The Morgan fingerprint density at radius 1 is 1.33 bits per heavy atom. The third-order valence-corrected chi connectivity index (χ3v) is 5.80. The zero-order valence-corrected chi connectivity index (χ0v) is 15.5. The molecule has 1 unspecified atom stereocenters. The largest absolute Gasteiger partial charge is 0.444 e. The fraction of sp³-hybridized carbons (Fsp3) is 0.938. The van der Waals surface area contributed by atoms with Gasteiger partial charge in [-0.3, -0.25) is 0 Å². The van der Waals surface area contributed by atoms with Gasteiger partial charge >= 0.3 is 16.3 Å². The lowest BCUT2D eigenvalue weighted by atomic mass is 9.61. The fourth-order valence-corrected chi connectivity index (χ4v) is 4.93. The minimum atomic E-state index is -4.62. The lowest BCUT2D eigenvalue weighted by Crippen LogP contribution is -2.58. The Morgan fingerprint density at radius 2 is 1.92 bits per heavy atom. The van der Waals surface area contributed by atoms with Crippen molar-refractivity contribution in [2.75, 3.05) is 19.0 Å². The van der Waals surface area contributed by atoms with Gasteiger partial charge in [0.25, 0.3) is 0 Å². The molecule has 2 fully saturated rings. The number of ether oxygens (including phenoxy) is 2. The summed E-state index contributed by atoms with van der Waals surface area (Å²) in [5.41, 5.74) is -1.39. The molecule has 0 bridgehead atoms. The van der Waals surface area contributed by atoms with Crippen LogP contribution >= 0.6 is 0 Å². The van der Waals surface area contributed by atoms with E-state index in [2.05, 4.69) is 5.32 Å². The first-order valence-electron chi connectivity index (χ1n) is 8.50. The van der Waals surface area contributed by atoms with Crippen LogP contribution in [0.25, 0.3) is 0 Å². The van der Waals surface area contributed by atoms with Crippen molar-refractivity contribution in [2.24, 2.45) is 11.3 Å². The predicted molar refractivity (Wildman–Crippen MR) is 87.9 cm³/mol. The van der Waals surface area contributed by atoms with Gasteiger partial charge in [0.05, 0.1) is 5.75 Å². The summed E-state index contributed by atoms with van der Waals surface area (Å²) in [4.78, 5) is 12.3. The van der Waals surface area contributed by atoms with Crippen molar-refractivity contribution < 1.29 is 26.6 Å². The zero-order chi connectivity index (χ0) is 18.0. The van der Waals surface area contributed by atoms with E-state index < -0.39 is 39.1 Å². The summed E-state index contributed by atoms with van der Waals surface area (Å²) in [5, 5.41) is 2.86. The number of rotatable bonds is 5. The van der Waals surface area contributed by atoms with Gasteiger partial charge in [0.1, 0.15) is 5.60 Å². The summed E-state index contributed by atoms with van der Waals surface area (Å²) in [6, 6.07) is -0.421. The highest BCUT2D eigenvalue weighted by Gasteiger charge is 2.51. The molecule has 6 nitrogen and oxygen atoms in total. The summed E-state index contributed by atoms with van der Waals surface area (Å²) in [6.45, 7) is 6.43. The fourth-order valence-electron chi connectivity index (χ4n) is 3.77. The monoisotopic (exact) mass is 365 g/mol. The summed E-state index contributed by atoms with van der Waals surface area (Å²) in [7, 11) is -4.62. The second-order valence-electron chi connectivity index (χ2n) is 7.97. The molecular formula is C16H28FNO5S. The van der Waals surface area contributed by atoms with Crippen molar-refractivity contribution in [3.8, 4) is 0 Å². The summed E-state index contributed by atoms with van der Waals surface area (Å²) in [5.74, 6) is -0.481. The van der Waals surface area contributed by atoms with Crippen LogP contribution in [-0.2, 0) is 19.7 Å². The molecule has 2 aliphatic rings.